The molecule has 4 heteroatoms. The molecule has 0 amide bonds. The zero-order chi connectivity index (χ0) is 14.8. The first-order valence-electron chi connectivity index (χ1n) is 7.12. The zero-order valence-corrected chi connectivity index (χ0v) is 13.5. The third kappa shape index (κ3) is 3.06. The molecule has 1 unspecified atom stereocenters. The fourth-order valence-electron chi connectivity index (χ4n) is 2.62. The molecule has 3 rings (SSSR count). The Bertz CT molecular complexity index is 627. The lowest BCUT2D eigenvalue weighted by Crippen LogP contribution is -2.24. The summed E-state index contributed by atoms with van der Waals surface area (Å²) in [6.07, 6.45) is 0.765. The fraction of sp³-hybridized carbons (Fsp3) is 0.294. The highest BCUT2D eigenvalue weighted by Gasteiger charge is 2.27. The Morgan fingerprint density at radius 1 is 1.24 bits per heavy atom. The van der Waals surface area contributed by atoms with Crippen molar-refractivity contribution in [1.82, 2.24) is 0 Å². The smallest absolute Gasteiger partial charge is 0.126 e. The molecule has 0 saturated carbocycles. The van der Waals surface area contributed by atoms with Gasteiger partial charge in [-0.15, -0.1) is 0 Å². The summed E-state index contributed by atoms with van der Waals surface area (Å²) in [7, 11) is 0. The number of benzene rings is 2. The van der Waals surface area contributed by atoms with Gasteiger partial charge in [-0.25, -0.2) is 0 Å². The molecule has 0 spiro atoms. The molecule has 0 radical (unpaired) electrons. The lowest BCUT2D eigenvalue weighted by Gasteiger charge is -2.30. The SMILES string of the molecule is CCOc1ccc(C2C[C@H](N)c3cc(Br)ccc3O2)cc1. The Kier molecular flexibility index (Phi) is 4.17. The molecule has 21 heavy (non-hydrogen) atoms. The van der Waals surface area contributed by atoms with Crippen LogP contribution >= 0.6 is 15.9 Å². The van der Waals surface area contributed by atoms with Crippen LogP contribution in [0.5, 0.6) is 11.5 Å². The van der Waals surface area contributed by atoms with Crippen LogP contribution in [0.25, 0.3) is 0 Å². The summed E-state index contributed by atoms with van der Waals surface area (Å²) < 4.78 is 12.6. The summed E-state index contributed by atoms with van der Waals surface area (Å²) in [5, 5.41) is 0. The lowest BCUT2D eigenvalue weighted by molar-refractivity contribution is 0.161. The Balaban J connectivity index is 1.83. The molecule has 3 nitrogen and oxygen atoms in total. The maximum atomic E-state index is 6.30. The summed E-state index contributed by atoms with van der Waals surface area (Å²) in [6, 6.07) is 14.0. The molecule has 0 aliphatic carbocycles. The minimum Gasteiger partial charge on any atom is -0.494 e. The molecule has 0 aromatic heterocycles. The van der Waals surface area contributed by atoms with Crippen LogP contribution in [-0.4, -0.2) is 6.61 Å². The molecular formula is C17H18BrNO2. The first-order chi connectivity index (χ1) is 10.2. The summed E-state index contributed by atoms with van der Waals surface area (Å²) >= 11 is 3.48. The summed E-state index contributed by atoms with van der Waals surface area (Å²) in [6.45, 7) is 2.65. The molecule has 0 fully saturated rings. The molecule has 0 saturated heterocycles. The highest BCUT2D eigenvalue weighted by molar-refractivity contribution is 9.10. The van der Waals surface area contributed by atoms with E-state index in [2.05, 4.69) is 15.9 Å². The number of fused-ring (bicyclic) bond motifs is 1. The van der Waals surface area contributed by atoms with Crippen LogP contribution in [0.15, 0.2) is 46.9 Å². The van der Waals surface area contributed by atoms with Crippen LogP contribution in [0.1, 0.15) is 36.6 Å². The van der Waals surface area contributed by atoms with E-state index in [1.165, 1.54) is 0 Å². The van der Waals surface area contributed by atoms with Gasteiger partial charge in [0.25, 0.3) is 0 Å². The van der Waals surface area contributed by atoms with Crippen LogP contribution < -0.4 is 15.2 Å². The number of hydrogen-bond acceptors (Lipinski definition) is 3. The van der Waals surface area contributed by atoms with Gasteiger partial charge in [-0.1, -0.05) is 28.1 Å². The Morgan fingerprint density at radius 2 is 2.00 bits per heavy atom. The van der Waals surface area contributed by atoms with E-state index in [-0.39, 0.29) is 12.1 Å². The second-order valence-electron chi connectivity index (χ2n) is 5.13. The molecule has 2 aromatic rings. The molecule has 1 aliphatic rings. The molecule has 2 atom stereocenters. The Hall–Kier alpha value is -1.52. The van der Waals surface area contributed by atoms with E-state index in [0.717, 1.165) is 33.5 Å². The number of ether oxygens (including phenoxy) is 2. The van der Waals surface area contributed by atoms with Crippen molar-refractivity contribution in [3.63, 3.8) is 0 Å². The lowest BCUT2D eigenvalue weighted by atomic mass is 9.93. The second-order valence-corrected chi connectivity index (χ2v) is 6.05. The zero-order valence-electron chi connectivity index (χ0n) is 11.9. The quantitative estimate of drug-likeness (QED) is 0.896. The normalized spacial score (nSPS) is 20.5. The Morgan fingerprint density at radius 3 is 2.71 bits per heavy atom. The van der Waals surface area contributed by atoms with Crippen LogP contribution in [-0.2, 0) is 0 Å². The van der Waals surface area contributed by atoms with Crippen molar-refractivity contribution in [2.45, 2.75) is 25.5 Å². The average Bonchev–Trinajstić information content (AvgIpc) is 2.49. The molecule has 110 valence electrons. The van der Waals surface area contributed by atoms with Gasteiger partial charge >= 0.3 is 0 Å². The highest BCUT2D eigenvalue weighted by atomic mass is 79.9. The molecule has 1 aliphatic heterocycles. The summed E-state index contributed by atoms with van der Waals surface area (Å²) in [4.78, 5) is 0. The molecular weight excluding hydrogens is 330 g/mol. The van der Waals surface area contributed by atoms with Crippen LogP contribution in [0, 0.1) is 0 Å². The van der Waals surface area contributed by atoms with Crippen LogP contribution in [0.4, 0.5) is 0 Å². The number of halogens is 1. The largest absolute Gasteiger partial charge is 0.494 e. The van der Waals surface area contributed by atoms with Gasteiger partial charge < -0.3 is 15.2 Å². The molecule has 1 heterocycles. The van der Waals surface area contributed by atoms with Crippen LogP contribution in [0.3, 0.4) is 0 Å². The van der Waals surface area contributed by atoms with Crippen molar-refractivity contribution in [2.75, 3.05) is 6.61 Å². The van der Waals surface area contributed by atoms with Crippen molar-refractivity contribution in [2.24, 2.45) is 5.73 Å². The minimum absolute atomic E-state index is 0.00986. The monoisotopic (exact) mass is 347 g/mol. The summed E-state index contributed by atoms with van der Waals surface area (Å²) in [5.41, 5.74) is 8.48. The first-order valence-corrected chi connectivity index (χ1v) is 7.91. The first kappa shape index (κ1) is 14.4. The van der Waals surface area contributed by atoms with Crippen molar-refractivity contribution in [1.29, 1.82) is 0 Å². The van der Waals surface area contributed by atoms with Gasteiger partial charge in [0.15, 0.2) is 0 Å². The maximum Gasteiger partial charge on any atom is 0.126 e. The molecule has 0 bridgehead atoms. The maximum absolute atomic E-state index is 6.30. The third-order valence-electron chi connectivity index (χ3n) is 3.67. The van der Waals surface area contributed by atoms with Gasteiger partial charge in [-0.2, -0.15) is 0 Å². The van der Waals surface area contributed by atoms with Gasteiger partial charge in [0.1, 0.15) is 17.6 Å². The van der Waals surface area contributed by atoms with Gasteiger partial charge in [0.2, 0.25) is 0 Å². The number of hydrogen-bond donors (Lipinski definition) is 1. The summed E-state index contributed by atoms with van der Waals surface area (Å²) in [5.74, 6) is 1.75. The Labute approximate surface area is 133 Å². The van der Waals surface area contributed by atoms with E-state index in [1.54, 1.807) is 0 Å². The predicted molar refractivity (Wildman–Crippen MR) is 86.7 cm³/mol. The van der Waals surface area contributed by atoms with Gasteiger partial charge in [0, 0.05) is 22.5 Å². The van der Waals surface area contributed by atoms with Crippen LogP contribution in [0.2, 0.25) is 0 Å². The van der Waals surface area contributed by atoms with Gasteiger partial charge in [-0.05, 0) is 42.8 Å². The minimum atomic E-state index is -0.0113. The van der Waals surface area contributed by atoms with E-state index in [4.69, 9.17) is 15.2 Å². The average molecular weight is 348 g/mol. The van der Waals surface area contributed by atoms with E-state index < -0.39 is 0 Å². The fourth-order valence-corrected chi connectivity index (χ4v) is 3.00. The van der Waals surface area contributed by atoms with Gasteiger partial charge in [-0.3, -0.25) is 0 Å². The molecule has 2 aromatic carbocycles. The van der Waals surface area contributed by atoms with Gasteiger partial charge in [0.05, 0.1) is 6.61 Å². The highest BCUT2D eigenvalue weighted by Crippen LogP contribution is 2.40. The third-order valence-corrected chi connectivity index (χ3v) is 4.16. The van der Waals surface area contributed by atoms with E-state index in [1.807, 2.05) is 49.4 Å². The molecule has 2 N–H and O–H groups in total. The van der Waals surface area contributed by atoms with Crippen molar-refractivity contribution in [3.8, 4) is 11.5 Å². The number of nitrogens with two attached hydrogens (primary N) is 1. The van der Waals surface area contributed by atoms with Crippen molar-refractivity contribution >= 4 is 15.9 Å². The van der Waals surface area contributed by atoms with Crippen molar-refractivity contribution < 1.29 is 9.47 Å². The van der Waals surface area contributed by atoms with Crippen molar-refractivity contribution in [3.05, 3.63) is 58.1 Å². The van der Waals surface area contributed by atoms with E-state index in [9.17, 15) is 0 Å². The van der Waals surface area contributed by atoms with E-state index in [0.29, 0.717) is 6.61 Å². The topological polar surface area (TPSA) is 44.5 Å². The van der Waals surface area contributed by atoms with E-state index >= 15 is 0 Å². The standard InChI is InChI=1S/C17H18BrNO2/c1-2-20-13-6-3-11(4-7-13)17-10-15(19)14-9-12(18)5-8-16(14)21-17/h3-9,15,17H,2,10,19H2,1H3/t15-,17?/m0/s1. The number of rotatable bonds is 3. The second kappa shape index (κ2) is 6.08. The predicted octanol–water partition coefficient (Wildman–Crippen LogP) is 4.37.